The maximum absolute atomic E-state index is 14.0. The molecule has 4 aliphatic heterocycles. The molecule has 1 aromatic carbocycles. The van der Waals surface area contributed by atoms with E-state index in [9.17, 15) is 29.7 Å². The van der Waals surface area contributed by atoms with E-state index in [1.807, 2.05) is 0 Å². The number of benzene rings is 1. The van der Waals surface area contributed by atoms with E-state index >= 15 is 0 Å². The number of esters is 3. The summed E-state index contributed by atoms with van der Waals surface area (Å²) in [4.78, 5) is 39.9. The highest BCUT2D eigenvalue weighted by Gasteiger charge is 3.06. The summed E-state index contributed by atoms with van der Waals surface area (Å²) in [5.74, 6) is -4.99. The minimum Gasteiger partial charge on any atom is -0.456 e. The maximum atomic E-state index is 14.0. The van der Waals surface area contributed by atoms with Crippen LogP contribution in [0.25, 0.3) is 0 Å². The Morgan fingerprint density at radius 1 is 1.00 bits per heavy atom. The smallest absolute Gasteiger partial charge is 0.358 e. The molecular weight excluding hydrogens is 548 g/mol. The molecule has 0 bridgehead atoms. The lowest BCUT2D eigenvalue weighted by Crippen LogP contribution is -2.67. The topological polar surface area (TPSA) is 167 Å². The summed E-state index contributed by atoms with van der Waals surface area (Å²) in [6.45, 7) is 6.72. The second-order valence-electron chi connectivity index (χ2n) is 12.5. The molecule has 12 nitrogen and oxygen atoms in total. The average Bonchev–Trinajstić information content (AvgIpc) is 3.57. The van der Waals surface area contributed by atoms with Crippen LogP contribution in [0.3, 0.4) is 0 Å². The van der Waals surface area contributed by atoms with Crippen molar-refractivity contribution in [3.05, 3.63) is 30.3 Å². The zero-order valence-electron chi connectivity index (χ0n) is 21.9. The van der Waals surface area contributed by atoms with E-state index in [1.165, 1.54) is 6.92 Å². The molecule has 13 heteroatoms. The van der Waals surface area contributed by atoms with Crippen molar-refractivity contribution in [2.75, 3.05) is 0 Å². The third-order valence-corrected chi connectivity index (χ3v) is 10.3. The molecule has 0 unspecified atom stereocenters. The lowest BCUT2D eigenvalue weighted by Gasteiger charge is -2.47. The molecule has 3 N–H and O–H groups in total. The summed E-state index contributed by atoms with van der Waals surface area (Å²) in [5.41, 5.74) is -9.60. The summed E-state index contributed by atoms with van der Waals surface area (Å²) in [6, 6.07) is 8.41. The van der Waals surface area contributed by atoms with Gasteiger partial charge in [0.15, 0.2) is 23.9 Å². The number of carbonyl (C=O) groups is 3. The first-order chi connectivity index (χ1) is 18.7. The number of thiocarbonyl (C=S) groups is 1. The molecule has 40 heavy (non-hydrogen) atoms. The monoisotopic (exact) mass is 576 g/mol. The molecule has 2 aliphatic carbocycles. The predicted molar refractivity (Wildman–Crippen MR) is 132 cm³/mol. The van der Waals surface area contributed by atoms with Crippen LogP contribution in [0.1, 0.15) is 27.7 Å². The van der Waals surface area contributed by atoms with Crippen molar-refractivity contribution in [3.63, 3.8) is 0 Å². The number of para-hydroxylation sites is 1. The Hall–Kier alpha value is -2.84. The molecule has 214 valence electrons. The summed E-state index contributed by atoms with van der Waals surface area (Å²) in [6.07, 6.45) is -9.62. The zero-order chi connectivity index (χ0) is 28.8. The molecule has 4 heterocycles. The minimum atomic E-state index is -2.44. The van der Waals surface area contributed by atoms with Crippen LogP contribution in [0.15, 0.2) is 30.3 Å². The predicted octanol–water partition coefficient (Wildman–Crippen LogP) is -0.0105. The fraction of sp³-hybridized carbons (Fsp3) is 0.630. The van der Waals surface area contributed by atoms with Crippen molar-refractivity contribution in [1.29, 1.82) is 0 Å². The number of ether oxygens (including phenoxy) is 6. The second kappa shape index (κ2) is 7.51. The Morgan fingerprint density at radius 3 is 2.33 bits per heavy atom. The first-order valence-electron chi connectivity index (χ1n) is 13.0. The highest BCUT2D eigenvalue weighted by atomic mass is 32.1. The molecule has 7 rings (SSSR count). The summed E-state index contributed by atoms with van der Waals surface area (Å²) >= 11 is 5.42. The van der Waals surface area contributed by atoms with Gasteiger partial charge < -0.3 is 43.7 Å². The summed E-state index contributed by atoms with van der Waals surface area (Å²) in [7, 11) is 0. The van der Waals surface area contributed by atoms with Gasteiger partial charge in [0.1, 0.15) is 17.3 Å². The Balaban J connectivity index is 1.50. The average molecular weight is 577 g/mol. The number of carbonyl (C=O) groups excluding carboxylic acids is 3. The van der Waals surface area contributed by atoms with Crippen molar-refractivity contribution in [3.8, 4) is 5.75 Å². The number of fused-ring (bicyclic) bond motifs is 1. The molecule has 6 aliphatic rings. The van der Waals surface area contributed by atoms with Crippen LogP contribution in [0.2, 0.25) is 0 Å². The number of hydrogen-bond donors (Lipinski definition) is 3. The molecule has 12 atom stereocenters. The van der Waals surface area contributed by atoms with E-state index in [1.54, 1.807) is 51.1 Å². The van der Waals surface area contributed by atoms with Gasteiger partial charge in [-0.15, -0.1) is 0 Å². The summed E-state index contributed by atoms with van der Waals surface area (Å²) < 4.78 is 35.2. The van der Waals surface area contributed by atoms with Gasteiger partial charge in [-0.1, -0.05) is 39.0 Å². The van der Waals surface area contributed by atoms with Gasteiger partial charge in [-0.2, -0.15) is 0 Å². The quantitative estimate of drug-likeness (QED) is 0.245. The van der Waals surface area contributed by atoms with Crippen LogP contribution in [0, 0.1) is 28.1 Å². The van der Waals surface area contributed by atoms with Crippen molar-refractivity contribution < 1.29 is 58.1 Å². The second-order valence-corrected chi connectivity index (χ2v) is 12.9. The van der Waals surface area contributed by atoms with Crippen molar-refractivity contribution >= 4 is 35.4 Å². The maximum Gasteiger partial charge on any atom is 0.358 e. The Bertz CT molecular complexity index is 1360. The van der Waals surface area contributed by atoms with Crippen LogP contribution < -0.4 is 4.74 Å². The van der Waals surface area contributed by atoms with Gasteiger partial charge in [-0.3, -0.25) is 4.79 Å². The third-order valence-electron chi connectivity index (χ3n) is 10.1. The van der Waals surface area contributed by atoms with Crippen molar-refractivity contribution in [2.24, 2.45) is 28.1 Å². The first-order valence-corrected chi connectivity index (χ1v) is 13.4. The van der Waals surface area contributed by atoms with E-state index in [2.05, 4.69) is 0 Å². The van der Waals surface area contributed by atoms with Gasteiger partial charge in [-0.05, 0) is 24.5 Å². The molecule has 6 fully saturated rings. The zero-order valence-corrected chi connectivity index (χ0v) is 22.7. The molecule has 0 aromatic heterocycles. The highest BCUT2D eigenvalue weighted by Crippen LogP contribution is 2.85. The molecular formula is C27H28O12S. The largest absolute Gasteiger partial charge is 0.456 e. The lowest BCUT2D eigenvalue weighted by atomic mass is 9.51. The SMILES string of the molecule is C[C@@H]1C(=O)O[C@H]2[C@@H](OC(=S)Oc3ccccc3)[C@]34[C@@H]5OC(=O)[C@]3(O[C@@H]3OC(=O)[C@H](O)[C@@]34[C@H](C(C)(C)C)[C@H]5O)[C@@]12O. The van der Waals surface area contributed by atoms with Crippen LogP contribution in [0.4, 0.5) is 0 Å². The van der Waals surface area contributed by atoms with Crippen LogP contribution in [-0.2, 0) is 38.1 Å². The van der Waals surface area contributed by atoms with Crippen LogP contribution in [-0.4, -0.2) is 86.5 Å². The number of aliphatic hydroxyl groups excluding tert-OH is 2. The van der Waals surface area contributed by atoms with E-state index in [4.69, 9.17) is 40.6 Å². The first kappa shape index (κ1) is 26.1. The Labute approximate surface area is 233 Å². The van der Waals surface area contributed by atoms with E-state index in [-0.39, 0.29) is 0 Å². The fourth-order valence-corrected chi connectivity index (χ4v) is 9.30. The number of aliphatic hydroxyl groups is 3. The number of hydrogen-bond acceptors (Lipinski definition) is 13. The van der Waals surface area contributed by atoms with Gasteiger partial charge in [0.25, 0.3) is 0 Å². The van der Waals surface area contributed by atoms with Gasteiger partial charge >= 0.3 is 23.1 Å². The fourth-order valence-electron chi connectivity index (χ4n) is 9.10. The van der Waals surface area contributed by atoms with Gasteiger partial charge in [0, 0.05) is 18.1 Å². The normalized spacial score (nSPS) is 49.5. The van der Waals surface area contributed by atoms with Gasteiger partial charge in [-0.25, -0.2) is 9.59 Å². The standard InChI is InChI=1S/C27H28O12S/c1-10-18(30)35-17-16(37-22(40)34-11-8-6-5-7-9-11)25-15-12(28)13(23(2,3)4)24(25)14(29)19(31)38-21(24)39-27(25,20(32)36-15)26(10,17)33/h5-10,12-17,21,28-29,33H,1-4H3/t10-,12-,13+,14+,15-,16-,17+,21+,24+,25+,26-,27-/m1/s1. The lowest BCUT2D eigenvalue weighted by molar-refractivity contribution is -0.240. The molecule has 1 aromatic rings. The van der Waals surface area contributed by atoms with Gasteiger partial charge in [0.2, 0.25) is 11.9 Å². The molecule has 2 spiro atoms. The molecule has 0 amide bonds. The molecule has 2 saturated carbocycles. The van der Waals surface area contributed by atoms with E-state index in [0.717, 1.165) is 0 Å². The third kappa shape index (κ3) is 2.38. The Kier molecular flexibility index (Phi) is 4.90. The van der Waals surface area contributed by atoms with E-state index < -0.39 is 99.2 Å². The molecule has 0 radical (unpaired) electrons. The minimum absolute atomic E-state index is 0.314. The summed E-state index contributed by atoms with van der Waals surface area (Å²) in [5, 5.41) is 35.5. The van der Waals surface area contributed by atoms with Crippen molar-refractivity contribution in [2.45, 2.75) is 75.7 Å². The van der Waals surface area contributed by atoms with Gasteiger partial charge in [0.05, 0.1) is 17.4 Å². The Morgan fingerprint density at radius 2 is 1.68 bits per heavy atom. The number of rotatable bonds is 2. The van der Waals surface area contributed by atoms with Crippen LogP contribution in [0.5, 0.6) is 5.75 Å². The molecule has 4 saturated heterocycles. The van der Waals surface area contributed by atoms with E-state index in [0.29, 0.717) is 5.75 Å². The highest BCUT2D eigenvalue weighted by molar-refractivity contribution is 7.79. The van der Waals surface area contributed by atoms with Crippen molar-refractivity contribution in [1.82, 2.24) is 0 Å². The van der Waals surface area contributed by atoms with Crippen LogP contribution >= 0.6 is 12.2 Å².